The van der Waals surface area contributed by atoms with Gasteiger partial charge in [-0.1, -0.05) is 43.7 Å². The fourth-order valence-corrected chi connectivity index (χ4v) is 4.77. The fraction of sp³-hybridized carbons (Fsp3) is 0.500. The summed E-state index contributed by atoms with van der Waals surface area (Å²) in [6.07, 6.45) is 8.61. The summed E-state index contributed by atoms with van der Waals surface area (Å²) in [5.41, 5.74) is 2.36. The Morgan fingerprint density at radius 3 is 2.63 bits per heavy atom. The highest BCUT2D eigenvalue weighted by atomic mass is 16.2. The van der Waals surface area contributed by atoms with Gasteiger partial charge in [-0.05, 0) is 31.2 Å². The van der Waals surface area contributed by atoms with Crippen molar-refractivity contribution in [3.8, 4) is 0 Å². The molecule has 1 aromatic carbocycles. The van der Waals surface area contributed by atoms with Crippen molar-refractivity contribution in [2.75, 3.05) is 25.0 Å². The molecule has 2 aliphatic heterocycles. The Morgan fingerprint density at radius 2 is 1.93 bits per heavy atom. The maximum atomic E-state index is 13.0. The number of benzene rings is 1. The second kappa shape index (κ2) is 7.29. The molecule has 2 aliphatic rings. The van der Waals surface area contributed by atoms with Gasteiger partial charge in [0.1, 0.15) is 12.1 Å². The first kappa shape index (κ1) is 18.0. The predicted octanol–water partition coefficient (Wildman–Crippen LogP) is 3.41. The van der Waals surface area contributed by atoms with Crippen molar-refractivity contribution in [3.05, 3.63) is 54.0 Å². The Hall–Kier alpha value is -2.43. The van der Waals surface area contributed by atoms with Gasteiger partial charge in [-0.2, -0.15) is 0 Å². The van der Waals surface area contributed by atoms with E-state index in [0.717, 1.165) is 56.6 Å². The molecule has 4 rings (SSSR count). The third-order valence-electron chi connectivity index (χ3n) is 6.40. The number of carbonyl (C=O) groups is 1. The number of likely N-dealkylation sites (tertiary alicyclic amines) is 1. The highest BCUT2D eigenvalue weighted by molar-refractivity contribution is 5.87. The lowest BCUT2D eigenvalue weighted by Gasteiger charge is -2.44. The van der Waals surface area contributed by atoms with E-state index in [1.807, 2.05) is 36.3 Å². The summed E-state index contributed by atoms with van der Waals surface area (Å²) < 4.78 is 0. The highest BCUT2D eigenvalue weighted by Crippen LogP contribution is 2.45. The maximum absolute atomic E-state index is 13.0. The fourth-order valence-electron chi connectivity index (χ4n) is 4.77. The number of hydrogen-bond donors (Lipinski definition) is 0. The highest BCUT2D eigenvalue weighted by Gasteiger charge is 2.50. The summed E-state index contributed by atoms with van der Waals surface area (Å²) >= 11 is 0. The van der Waals surface area contributed by atoms with Gasteiger partial charge in [0.15, 0.2) is 0 Å². The second-order valence-corrected chi connectivity index (χ2v) is 7.90. The molecular weight excluding hydrogens is 336 g/mol. The zero-order chi connectivity index (χ0) is 18.9. The average Bonchev–Trinajstić information content (AvgIpc) is 2.95. The number of aryl methyl sites for hydroxylation is 1. The molecule has 1 atom stereocenters. The van der Waals surface area contributed by atoms with Crippen LogP contribution in [-0.2, 0) is 11.2 Å². The van der Waals surface area contributed by atoms with Gasteiger partial charge in [-0.3, -0.25) is 4.79 Å². The number of carbonyl (C=O) groups excluding carboxylic acids is 1. The number of amides is 1. The van der Waals surface area contributed by atoms with Crippen LogP contribution in [0, 0.1) is 0 Å². The van der Waals surface area contributed by atoms with Crippen molar-refractivity contribution in [1.29, 1.82) is 0 Å². The minimum absolute atomic E-state index is 0.00236. The lowest BCUT2D eigenvalue weighted by Crippen LogP contribution is -2.52. The average molecular weight is 364 g/mol. The third-order valence-corrected chi connectivity index (χ3v) is 6.40. The van der Waals surface area contributed by atoms with Crippen LogP contribution in [0.2, 0.25) is 0 Å². The van der Waals surface area contributed by atoms with Crippen LogP contribution in [-0.4, -0.2) is 46.5 Å². The quantitative estimate of drug-likeness (QED) is 0.834. The third kappa shape index (κ3) is 3.20. The van der Waals surface area contributed by atoms with E-state index in [4.69, 9.17) is 0 Å². The van der Waals surface area contributed by atoms with Crippen molar-refractivity contribution in [2.45, 2.75) is 50.5 Å². The van der Waals surface area contributed by atoms with Crippen molar-refractivity contribution >= 4 is 11.7 Å². The van der Waals surface area contributed by atoms with Crippen molar-refractivity contribution in [1.82, 2.24) is 14.9 Å². The molecule has 0 bridgehead atoms. The summed E-state index contributed by atoms with van der Waals surface area (Å²) in [5, 5.41) is 0. The Morgan fingerprint density at radius 1 is 1.19 bits per heavy atom. The summed E-state index contributed by atoms with van der Waals surface area (Å²) in [7, 11) is 1.99. The topological polar surface area (TPSA) is 49.3 Å². The van der Waals surface area contributed by atoms with Gasteiger partial charge in [0, 0.05) is 37.4 Å². The molecule has 1 amide bonds. The lowest BCUT2D eigenvalue weighted by atomic mass is 9.81. The van der Waals surface area contributed by atoms with Crippen LogP contribution in [0.5, 0.6) is 0 Å². The summed E-state index contributed by atoms with van der Waals surface area (Å²) in [4.78, 5) is 26.2. The molecule has 0 aliphatic carbocycles. The van der Waals surface area contributed by atoms with E-state index in [1.54, 1.807) is 6.33 Å². The number of hydrogen-bond acceptors (Lipinski definition) is 4. The number of anilines is 1. The van der Waals surface area contributed by atoms with Gasteiger partial charge >= 0.3 is 0 Å². The molecule has 0 N–H and O–H groups in total. The lowest BCUT2D eigenvalue weighted by molar-refractivity contribution is -0.131. The van der Waals surface area contributed by atoms with E-state index in [1.165, 1.54) is 5.56 Å². The number of aromatic nitrogens is 2. The molecule has 3 heterocycles. The molecule has 0 radical (unpaired) electrons. The van der Waals surface area contributed by atoms with Gasteiger partial charge in [-0.25, -0.2) is 9.97 Å². The van der Waals surface area contributed by atoms with Crippen LogP contribution < -0.4 is 4.90 Å². The molecule has 2 fully saturated rings. The monoisotopic (exact) mass is 364 g/mol. The minimum Gasteiger partial charge on any atom is -0.356 e. The van der Waals surface area contributed by atoms with E-state index in [0.29, 0.717) is 0 Å². The van der Waals surface area contributed by atoms with Gasteiger partial charge in [-0.15, -0.1) is 0 Å². The largest absolute Gasteiger partial charge is 0.356 e. The van der Waals surface area contributed by atoms with E-state index in [9.17, 15) is 4.79 Å². The molecule has 2 aromatic rings. The Kier molecular flexibility index (Phi) is 4.85. The van der Waals surface area contributed by atoms with Crippen LogP contribution in [0.1, 0.15) is 49.7 Å². The number of rotatable bonds is 4. The van der Waals surface area contributed by atoms with Crippen LogP contribution in [0.15, 0.2) is 42.9 Å². The smallest absolute Gasteiger partial charge is 0.230 e. The molecule has 27 heavy (non-hydrogen) atoms. The molecule has 1 aromatic heterocycles. The zero-order valence-corrected chi connectivity index (χ0v) is 16.3. The number of likely N-dealkylation sites (N-methyl/N-ethyl adjacent to an activating group) is 1. The van der Waals surface area contributed by atoms with Crippen LogP contribution in [0.4, 0.5) is 5.82 Å². The molecule has 1 spiro atoms. The van der Waals surface area contributed by atoms with Crippen molar-refractivity contribution < 1.29 is 4.79 Å². The zero-order valence-electron chi connectivity index (χ0n) is 16.3. The van der Waals surface area contributed by atoms with Crippen LogP contribution in [0.25, 0.3) is 0 Å². The van der Waals surface area contributed by atoms with Crippen LogP contribution in [0.3, 0.4) is 0 Å². The van der Waals surface area contributed by atoms with E-state index < -0.39 is 0 Å². The molecule has 5 heteroatoms. The van der Waals surface area contributed by atoms with Gasteiger partial charge in [0.05, 0.1) is 5.92 Å². The first-order chi connectivity index (χ1) is 13.1. The molecule has 142 valence electrons. The Labute approximate surface area is 161 Å². The second-order valence-electron chi connectivity index (χ2n) is 7.90. The SMILES string of the molecule is CCCc1cncnc1N1CCC2(CC1)C[C@@H](c1ccccc1)C(=O)N2C. The van der Waals surface area contributed by atoms with Gasteiger partial charge < -0.3 is 9.80 Å². The predicted molar refractivity (Wildman–Crippen MR) is 107 cm³/mol. The first-order valence-corrected chi connectivity index (χ1v) is 10.0. The van der Waals surface area contributed by atoms with E-state index in [-0.39, 0.29) is 17.4 Å². The first-order valence-electron chi connectivity index (χ1n) is 10.0. The van der Waals surface area contributed by atoms with Gasteiger partial charge in [0.25, 0.3) is 0 Å². The van der Waals surface area contributed by atoms with Crippen molar-refractivity contribution in [3.63, 3.8) is 0 Å². The standard InChI is InChI=1S/C22H28N4O/c1-3-7-18-15-23-16-24-20(18)26-12-10-22(11-13-26)14-19(21(27)25(22)2)17-8-5-4-6-9-17/h4-6,8-9,15-16,19H,3,7,10-14H2,1-2H3/t19-/m0/s1. The van der Waals surface area contributed by atoms with Crippen LogP contribution >= 0.6 is 0 Å². The number of piperidine rings is 1. The van der Waals surface area contributed by atoms with Gasteiger partial charge in [0.2, 0.25) is 5.91 Å². The summed E-state index contributed by atoms with van der Waals surface area (Å²) in [6, 6.07) is 10.2. The van der Waals surface area contributed by atoms with E-state index >= 15 is 0 Å². The van der Waals surface area contributed by atoms with Crippen molar-refractivity contribution in [2.24, 2.45) is 0 Å². The summed E-state index contributed by atoms with van der Waals surface area (Å²) in [6.45, 7) is 4.06. The maximum Gasteiger partial charge on any atom is 0.230 e. The Balaban J connectivity index is 1.51. The molecule has 0 unspecified atom stereocenters. The van der Waals surface area contributed by atoms with E-state index in [2.05, 4.69) is 33.9 Å². The molecule has 0 saturated carbocycles. The normalized spacial score (nSPS) is 21.9. The molecule has 5 nitrogen and oxygen atoms in total. The minimum atomic E-state index is -0.0218. The summed E-state index contributed by atoms with van der Waals surface area (Å²) in [5.74, 6) is 1.34. The number of nitrogens with zero attached hydrogens (tertiary/aromatic N) is 4. The Bertz CT molecular complexity index is 799. The molecular formula is C22H28N4O. The molecule has 2 saturated heterocycles.